The van der Waals surface area contributed by atoms with Crippen molar-refractivity contribution in [2.45, 2.75) is 0 Å². The first kappa shape index (κ1) is 5.88. The Bertz CT molecular complexity index is 68.2. The predicted octanol–water partition coefficient (Wildman–Crippen LogP) is -1.60. The molecule has 0 aliphatic carbocycles. The number of rotatable bonds is 0. The minimum atomic E-state index is 0. The predicted molar refractivity (Wildman–Crippen MR) is 19.8 cm³/mol. The quantitative estimate of drug-likeness (QED) is 0.339. The van der Waals surface area contributed by atoms with Gasteiger partial charge in [-0.3, -0.25) is 0 Å². The van der Waals surface area contributed by atoms with Crippen molar-refractivity contribution in [2.24, 2.45) is 0 Å². The maximum absolute atomic E-state index is 4.58. The smallest absolute Gasteiger partial charge is 1.00 e. The summed E-state index contributed by atoms with van der Waals surface area (Å²) >= 11 is 0. The van der Waals surface area contributed by atoms with Crippen LogP contribution in [0.1, 0.15) is 1.43 Å². The van der Waals surface area contributed by atoms with E-state index >= 15 is 0 Å². The standard InChI is InChI=1S/C4H4O.Li.H/c1-2-4-5-3-1;;/h1-4H;;/q;+1;-1. The molecule has 0 unspecified atom stereocenters. The molecule has 0 spiro atoms. The third-order valence-electron chi connectivity index (χ3n) is 0.425. The third kappa shape index (κ3) is 1.35. The number of furan rings is 1. The second-order valence-corrected chi connectivity index (χ2v) is 0.793. The van der Waals surface area contributed by atoms with Crippen LogP contribution in [0.4, 0.5) is 0 Å². The maximum Gasteiger partial charge on any atom is 1.00 e. The van der Waals surface area contributed by atoms with Crippen LogP contribution in [0.3, 0.4) is 0 Å². The van der Waals surface area contributed by atoms with Gasteiger partial charge in [-0.1, -0.05) is 0 Å². The molecule has 0 radical (unpaired) electrons. The van der Waals surface area contributed by atoms with Crippen molar-refractivity contribution in [3.8, 4) is 0 Å². The summed E-state index contributed by atoms with van der Waals surface area (Å²) in [6.45, 7) is 0. The van der Waals surface area contributed by atoms with E-state index in [9.17, 15) is 0 Å². The zero-order valence-electron chi connectivity index (χ0n) is 4.72. The summed E-state index contributed by atoms with van der Waals surface area (Å²) in [6.07, 6.45) is 3.25. The van der Waals surface area contributed by atoms with Gasteiger partial charge in [0, 0.05) is 0 Å². The van der Waals surface area contributed by atoms with Gasteiger partial charge in [-0.05, 0) is 12.1 Å². The number of hydrogen-bond acceptors (Lipinski definition) is 1. The van der Waals surface area contributed by atoms with Gasteiger partial charge in [0.15, 0.2) is 0 Å². The molecule has 1 nitrogen and oxygen atoms in total. The summed E-state index contributed by atoms with van der Waals surface area (Å²) in [5.74, 6) is 0. The van der Waals surface area contributed by atoms with Crippen LogP contribution in [0.5, 0.6) is 0 Å². The van der Waals surface area contributed by atoms with Crippen molar-refractivity contribution in [1.82, 2.24) is 0 Å². The molecule has 0 amide bonds. The zero-order chi connectivity index (χ0) is 3.54. The Balaban J connectivity index is 0. The molecule has 0 fully saturated rings. The van der Waals surface area contributed by atoms with Crippen LogP contribution in [-0.4, -0.2) is 0 Å². The second kappa shape index (κ2) is 3.08. The molecule has 2 heteroatoms. The molecule has 0 aromatic carbocycles. The largest absolute Gasteiger partial charge is 1.00 e. The Morgan fingerprint density at radius 3 is 1.83 bits per heavy atom. The van der Waals surface area contributed by atoms with E-state index in [1.54, 1.807) is 12.5 Å². The van der Waals surface area contributed by atoms with Gasteiger partial charge in [0.05, 0.1) is 12.5 Å². The van der Waals surface area contributed by atoms with Crippen LogP contribution in [0.15, 0.2) is 29.1 Å². The third-order valence-corrected chi connectivity index (χ3v) is 0.425. The molecule has 0 N–H and O–H groups in total. The van der Waals surface area contributed by atoms with Gasteiger partial charge in [-0.15, -0.1) is 0 Å². The average Bonchev–Trinajstić information content (AvgIpc) is 1.76. The van der Waals surface area contributed by atoms with Crippen molar-refractivity contribution in [3.63, 3.8) is 0 Å². The Kier molecular flexibility index (Phi) is 3.02. The fourth-order valence-corrected chi connectivity index (χ4v) is 0.227. The molecule has 0 atom stereocenters. The zero-order valence-corrected chi connectivity index (χ0v) is 3.72. The molecular weight excluding hydrogens is 71.0 g/mol. The molecule has 1 rings (SSSR count). The number of hydrogen-bond donors (Lipinski definition) is 0. The van der Waals surface area contributed by atoms with E-state index in [1.165, 1.54) is 0 Å². The minimum Gasteiger partial charge on any atom is -1.00 e. The van der Waals surface area contributed by atoms with Crippen LogP contribution in [0, 0.1) is 0 Å². The van der Waals surface area contributed by atoms with E-state index in [0.717, 1.165) is 0 Å². The van der Waals surface area contributed by atoms with Crippen LogP contribution < -0.4 is 18.9 Å². The molecule has 0 aliphatic heterocycles. The first-order valence-corrected chi connectivity index (χ1v) is 1.47. The van der Waals surface area contributed by atoms with Crippen molar-refractivity contribution >= 4 is 0 Å². The first-order valence-electron chi connectivity index (χ1n) is 1.47. The Hall–Kier alpha value is -0.123. The first-order chi connectivity index (χ1) is 2.50. The van der Waals surface area contributed by atoms with Crippen molar-refractivity contribution in [2.75, 3.05) is 0 Å². The summed E-state index contributed by atoms with van der Waals surface area (Å²) in [5, 5.41) is 0. The molecule has 1 heterocycles. The summed E-state index contributed by atoms with van der Waals surface area (Å²) < 4.78 is 4.58. The fourth-order valence-electron chi connectivity index (χ4n) is 0.227. The van der Waals surface area contributed by atoms with E-state index in [1.807, 2.05) is 12.1 Å². The van der Waals surface area contributed by atoms with Crippen LogP contribution in [0.2, 0.25) is 0 Å². The summed E-state index contributed by atoms with van der Waals surface area (Å²) in [7, 11) is 0. The van der Waals surface area contributed by atoms with Gasteiger partial charge < -0.3 is 5.84 Å². The molecule has 0 saturated carbocycles. The summed E-state index contributed by atoms with van der Waals surface area (Å²) in [5.41, 5.74) is 0. The minimum absolute atomic E-state index is 0. The van der Waals surface area contributed by atoms with Crippen LogP contribution >= 0.6 is 0 Å². The monoisotopic (exact) mass is 76.1 g/mol. The SMILES string of the molecule is [H-].[Li+].c1ccoc1. The second-order valence-electron chi connectivity index (χ2n) is 0.793. The van der Waals surface area contributed by atoms with Gasteiger partial charge in [-0.2, -0.15) is 0 Å². The molecule has 6 heavy (non-hydrogen) atoms. The van der Waals surface area contributed by atoms with E-state index in [-0.39, 0.29) is 20.3 Å². The van der Waals surface area contributed by atoms with E-state index < -0.39 is 0 Å². The molecule has 1 aromatic heterocycles. The van der Waals surface area contributed by atoms with E-state index in [4.69, 9.17) is 0 Å². The van der Waals surface area contributed by atoms with Gasteiger partial charge >= 0.3 is 18.9 Å². The van der Waals surface area contributed by atoms with Gasteiger partial charge in [-0.25, -0.2) is 0 Å². The van der Waals surface area contributed by atoms with Gasteiger partial charge in [0.2, 0.25) is 0 Å². The molecule has 1 aromatic rings. The molecular formula is C4H5LiO. The molecule has 28 valence electrons. The van der Waals surface area contributed by atoms with Crippen molar-refractivity contribution in [1.29, 1.82) is 0 Å². The van der Waals surface area contributed by atoms with Crippen LogP contribution in [-0.2, 0) is 0 Å². The Morgan fingerprint density at radius 1 is 1.17 bits per heavy atom. The molecule has 0 bridgehead atoms. The van der Waals surface area contributed by atoms with Crippen LogP contribution in [0.25, 0.3) is 0 Å². The average molecular weight is 76.0 g/mol. The van der Waals surface area contributed by atoms with E-state index in [0.29, 0.717) is 0 Å². The van der Waals surface area contributed by atoms with E-state index in [2.05, 4.69) is 4.42 Å². The topological polar surface area (TPSA) is 13.1 Å². The maximum atomic E-state index is 4.58. The Labute approximate surface area is 50.0 Å². The Morgan fingerprint density at radius 2 is 1.67 bits per heavy atom. The molecule has 0 aliphatic rings. The van der Waals surface area contributed by atoms with Crippen molar-refractivity contribution < 1.29 is 24.7 Å². The van der Waals surface area contributed by atoms with Gasteiger partial charge in [0.25, 0.3) is 0 Å². The molecule has 0 saturated heterocycles. The normalized spacial score (nSPS) is 6.67. The fraction of sp³-hybridized carbons (Fsp3) is 0. The van der Waals surface area contributed by atoms with Crippen molar-refractivity contribution in [3.05, 3.63) is 24.7 Å². The summed E-state index contributed by atoms with van der Waals surface area (Å²) in [6, 6.07) is 3.67. The van der Waals surface area contributed by atoms with Gasteiger partial charge in [0.1, 0.15) is 0 Å². The summed E-state index contributed by atoms with van der Waals surface area (Å²) in [4.78, 5) is 0.